The maximum atomic E-state index is 12.7. The number of rotatable bonds is 5. The first kappa shape index (κ1) is 15.7. The minimum atomic E-state index is -0.0767. The van der Waals surface area contributed by atoms with Crippen LogP contribution in [0.3, 0.4) is 0 Å². The minimum Gasteiger partial charge on any atom is -0.377 e. The topological polar surface area (TPSA) is 76.0 Å². The van der Waals surface area contributed by atoms with Crippen molar-refractivity contribution in [1.82, 2.24) is 24.6 Å². The van der Waals surface area contributed by atoms with Gasteiger partial charge in [0.1, 0.15) is 5.82 Å². The Morgan fingerprint density at radius 3 is 3.13 bits per heavy atom. The Kier molecular flexibility index (Phi) is 4.76. The molecule has 1 unspecified atom stereocenters. The van der Waals surface area contributed by atoms with Gasteiger partial charge in [-0.15, -0.1) is 0 Å². The van der Waals surface area contributed by atoms with E-state index in [2.05, 4.69) is 26.7 Å². The Balaban J connectivity index is 1.68. The number of nitrogens with zero attached hydrogens (tertiary/aromatic N) is 4. The molecule has 1 atom stereocenters. The van der Waals surface area contributed by atoms with Gasteiger partial charge in [0, 0.05) is 38.3 Å². The number of hydrogen-bond acceptors (Lipinski definition) is 4. The summed E-state index contributed by atoms with van der Waals surface area (Å²) < 4.78 is 7.62. The van der Waals surface area contributed by atoms with E-state index in [1.54, 1.807) is 12.4 Å². The molecular weight excluding hydrogens is 294 g/mol. The molecule has 2 aromatic rings. The highest BCUT2D eigenvalue weighted by atomic mass is 16.5. The van der Waals surface area contributed by atoms with Crippen molar-refractivity contribution in [3.63, 3.8) is 0 Å². The molecule has 1 saturated heterocycles. The lowest BCUT2D eigenvalue weighted by Crippen LogP contribution is -2.44. The summed E-state index contributed by atoms with van der Waals surface area (Å²) in [5.74, 6) is 1.16. The maximum Gasteiger partial charge on any atom is 0.225 e. The summed E-state index contributed by atoms with van der Waals surface area (Å²) in [4.78, 5) is 18.9. The molecule has 0 spiro atoms. The standard InChI is InChI=1S/C16H23N5O2/c1-3-14-17-5-7-20(14)6-4-15(22)21-8-9-23-11-13(21)16-12(2)10-18-19-16/h5,7,10,13H,3-4,6,8-9,11H2,1-2H3,(H,18,19). The second-order valence-corrected chi connectivity index (χ2v) is 5.78. The van der Waals surface area contributed by atoms with E-state index < -0.39 is 0 Å². The SMILES string of the molecule is CCc1nccn1CCC(=O)N1CCOCC1c1[nH]ncc1C. The number of imidazole rings is 1. The van der Waals surface area contributed by atoms with E-state index in [0.29, 0.717) is 32.7 Å². The molecule has 0 saturated carbocycles. The molecule has 124 valence electrons. The molecule has 7 nitrogen and oxygen atoms in total. The fraction of sp³-hybridized carbons (Fsp3) is 0.562. The zero-order chi connectivity index (χ0) is 16.2. The van der Waals surface area contributed by atoms with Gasteiger partial charge in [-0.3, -0.25) is 9.89 Å². The first-order chi connectivity index (χ1) is 11.2. The maximum absolute atomic E-state index is 12.7. The molecule has 1 aliphatic rings. The van der Waals surface area contributed by atoms with E-state index >= 15 is 0 Å². The molecule has 0 radical (unpaired) electrons. The molecule has 3 heterocycles. The summed E-state index contributed by atoms with van der Waals surface area (Å²) in [5, 5.41) is 7.08. The van der Waals surface area contributed by atoms with E-state index in [0.717, 1.165) is 23.5 Å². The lowest BCUT2D eigenvalue weighted by molar-refractivity contribution is -0.140. The summed E-state index contributed by atoms with van der Waals surface area (Å²) in [6.45, 7) is 6.44. The van der Waals surface area contributed by atoms with Crippen LogP contribution in [0.4, 0.5) is 0 Å². The van der Waals surface area contributed by atoms with Crippen molar-refractivity contribution in [2.45, 2.75) is 39.3 Å². The van der Waals surface area contributed by atoms with E-state index in [1.165, 1.54) is 0 Å². The van der Waals surface area contributed by atoms with Gasteiger partial charge in [-0.05, 0) is 12.5 Å². The minimum absolute atomic E-state index is 0.0767. The van der Waals surface area contributed by atoms with Crippen molar-refractivity contribution >= 4 is 5.91 Å². The summed E-state index contributed by atoms with van der Waals surface area (Å²) in [5.41, 5.74) is 2.02. The number of H-pyrrole nitrogens is 1. The van der Waals surface area contributed by atoms with Crippen LogP contribution in [-0.4, -0.2) is 50.3 Å². The number of carbonyl (C=O) groups is 1. The predicted molar refractivity (Wildman–Crippen MR) is 84.8 cm³/mol. The molecule has 7 heteroatoms. The van der Waals surface area contributed by atoms with Gasteiger partial charge in [-0.25, -0.2) is 4.98 Å². The summed E-state index contributed by atoms with van der Waals surface area (Å²) in [6, 6.07) is -0.0767. The Morgan fingerprint density at radius 1 is 1.52 bits per heavy atom. The molecule has 23 heavy (non-hydrogen) atoms. The molecule has 3 rings (SSSR count). The third-order valence-electron chi connectivity index (χ3n) is 4.33. The number of nitrogens with one attached hydrogen (secondary N) is 1. The normalized spacial score (nSPS) is 18.3. The second-order valence-electron chi connectivity index (χ2n) is 5.78. The lowest BCUT2D eigenvalue weighted by Gasteiger charge is -2.35. The highest BCUT2D eigenvalue weighted by Crippen LogP contribution is 2.25. The van der Waals surface area contributed by atoms with Crippen molar-refractivity contribution in [3.8, 4) is 0 Å². The number of ether oxygens (including phenoxy) is 1. The Bertz CT molecular complexity index is 663. The van der Waals surface area contributed by atoms with E-state index in [-0.39, 0.29) is 11.9 Å². The van der Waals surface area contributed by atoms with E-state index in [1.807, 2.05) is 18.0 Å². The lowest BCUT2D eigenvalue weighted by atomic mass is 10.1. The number of amides is 1. The number of carbonyl (C=O) groups excluding carboxylic acids is 1. The van der Waals surface area contributed by atoms with Gasteiger partial charge >= 0.3 is 0 Å². The largest absolute Gasteiger partial charge is 0.377 e. The monoisotopic (exact) mass is 317 g/mol. The second kappa shape index (κ2) is 6.95. The molecule has 0 aromatic carbocycles. The van der Waals surface area contributed by atoms with Gasteiger partial charge < -0.3 is 14.2 Å². The summed E-state index contributed by atoms with van der Waals surface area (Å²) in [6.07, 6.45) is 6.84. The van der Waals surface area contributed by atoms with Crippen LogP contribution in [0.5, 0.6) is 0 Å². The van der Waals surface area contributed by atoms with Crippen LogP contribution in [-0.2, 0) is 22.5 Å². The number of aromatic nitrogens is 4. The molecule has 1 fully saturated rings. The van der Waals surface area contributed by atoms with Gasteiger partial charge in [0.05, 0.1) is 31.1 Å². The molecule has 1 N–H and O–H groups in total. The van der Waals surface area contributed by atoms with Crippen molar-refractivity contribution in [2.24, 2.45) is 0 Å². The van der Waals surface area contributed by atoms with Crippen LogP contribution in [0, 0.1) is 6.92 Å². The molecule has 1 aliphatic heterocycles. The fourth-order valence-corrected chi connectivity index (χ4v) is 3.05. The first-order valence-electron chi connectivity index (χ1n) is 8.07. The van der Waals surface area contributed by atoms with Crippen molar-refractivity contribution in [1.29, 1.82) is 0 Å². The Morgan fingerprint density at radius 2 is 2.39 bits per heavy atom. The number of morpholine rings is 1. The zero-order valence-electron chi connectivity index (χ0n) is 13.7. The summed E-state index contributed by atoms with van der Waals surface area (Å²) >= 11 is 0. The first-order valence-corrected chi connectivity index (χ1v) is 8.07. The van der Waals surface area contributed by atoms with Crippen LogP contribution >= 0.6 is 0 Å². The van der Waals surface area contributed by atoms with Crippen molar-refractivity contribution < 1.29 is 9.53 Å². The van der Waals surface area contributed by atoms with Gasteiger partial charge in [-0.2, -0.15) is 5.10 Å². The molecular formula is C16H23N5O2. The van der Waals surface area contributed by atoms with Crippen LogP contribution < -0.4 is 0 Å². The third-order valence-corrected chi connectivity index (χ3v) is 4.33. The van der Waals surface area contributed by atoms with Crippen LogP contribution in [0.2, 0.25) is 0 Å². The van der Waals surface area contributed by atoms with Gasteiger partial charge in [0.25, 0.3) is 0 Å². The third kappa shape index (κ3) is 3.29. The van der Waals surface area contributed by atoms with Crippen LogP contribution in [0.25, 0.3) is 0 Å². The average Bonchev–Trinajstić information content (AvgIpc) is 3.20. The van der Waals surface area contributed by atoms with Gasteiger partial charge in [0.15, 0.2) is 0 Å². The fourth-order valence-electron chi connectivity index (χ4n) is 3.05. The van der Waals surface area contributed by atoms with Crippen molar-refractivity contribution in [3.05, 3.63) is 35.7 Å². The average molecular weight is 317 g/mol. The molecule has 0 bridgehead atoms. The summed E-state index contributed by atoms with van der Waals surface area (Å²) in [7, 11) is 0. The van der Waals surface area contributed by atoms with Crippen LogP contribution in [0.15, 0.2) is 18.6 Å². The highest BCUT2D eigenvalue weighted by Gasteiger charge is 2.30. The Hall–Kier alpha value is -2.15. The van der Waals surface area contributed by atoms with Gasteiger partial charge in [0.2, 0.25) is 5.91 Å². The predicted octanol–water partition coefficient (Wildman–Crippen LogP) is 1.47. The van der Waals surface area contributed by atoms with Crippen LogP contribution in [0.1, 0.15) is 36.5 Å². The number of aromatic amines is 1. The zero-order valence-corrected chi connectivity index (χ0v) is 13.7. The quantitative estimate of drug-likeness (QED) is 0.906. The molecule has 2 aromatic heterocycles. The molecule has 1 amide bonds. The Labute approximate surface area is 135 Å². The van der Waals surface area contributed by atoms with E-state index in [9.17, 15) is 4.79 Å². The number of hydrogen-bond donors (Lipinski definition) is 1. The number of aryl methyl sites for hydroxylation is 3. The van der Waals surface area contributed by atoms with E-state index in [4.69, 9.17) is 4.74 Å². The smallest absolute Gasteiger partial charge is 0.225 e. The van der Waals surface area contributed by atoms with Crippen molar-refractivity contribution in [2.75, 3.05) is 19.8 Å². The van der Waals surface area contributed by atoms with Gasteiger partial charge in [-0.1, -0.05) is 6.92 Å². The molecule has 0 aliphatic carbocycles. The highest BCUT2D eigenvalue weighted by molar-refractivity contribution is 5.76.